The van der Waals surface area contributed by atoms with E-state index < -0.39 is 11.6 Å². The number of ether oxygens (including phenoxy) is 2. The van der Waals surface area contributed by atoms with Gasteiger partial charge in [-0.15, -0.1) is 0 Å². The van der Waals surface area contributed by atoms with Crippen molar-refractivity contribution in [2.75, 3.05) is 19.8 Å². The minimum Gasteiger partial charge on any atom is -0.446 e. The van der Waals surface area contributed by atoms with Crippen LogP contribution in [0.1, 0.15) is 37.6 Å². The van der Waals surface area contributed by atoms with Crippen molar-refractivity contribution in [3.8, 4) is 0 Å². The molecule has 1 aliphatic heterocycles. The summed E-state index contributed by atoms with van der Waals surface area (Å²) >= 11 is 0. The van der Waals surface area contributed by atoms with Crippen LogP contribution in [0.5, 0.6) is 0 Å². The third kappa shape index (κ3) is 5.52. The zero-order chi connectivity index (χ0) is 16.9. The van der Waals surface area contributed by atoms with Crippen molar-refractivity contribution >= 4 is 12.1 Å². The van der Waals surface area contributed by atoms with E-state index in [1.165, 1.54) is 6.20 Å². The molecule has 1 aromatic rings. The van der Waals surface area contributed by atoms with Gasteiger partial charge in [-0.05, 0) is 39.3 Å². The van der Waals surface area contributed by atoms with Gasteiger partial charge >= 0.3 is 12.1 Å². The molecule has 7 heteroatoms. The number of esters is 1. The van der Waals surface area contributed by atoms with Gasteiger partial charge in [0.2, 0.25) is 0 Å². The van der Waals surface area contributed by atoms with Crippen LogP contribution in [0.3, 0.4) is 0 Å². The van der Waals surface area contributed by atoms with E-state index in [-0.39, 0.29) is 18.9 Å². The first-order valence-corrected chi connectivity index (χ1v) is 7.63. The van der Waals surface area contributed by atoms with E-state index in [2.05, 4.69) is 10.3 Å². The summed E-state index contributed by atoms with van der Waals surface area (Å²) in [5, 5.41) is 3.12. The van der Waals surface area contributed by atoms with Gasteiger partial charge in [0.1, 0.15) is 12.3 Å². The van der Waals surface area contributed by atoms with Crippen molar-refractivity contribution in [3.63, 3.8) is 0 Å². The second-order valence-corrected chi connectivity index (χ2v) is 6.43. The van der Waals surface area contributed by atoms with Crippen LogP contribution in [-0.4, -0.2) is 53.4 Å². The van der Waals surface area contributed by atoms with Gasteiger partial charge in [0.15, 0.2) is 0 Å². The maximum absolute atomic E-state index is 12.0. The average Bonchev–Trinajstić information content (AvgIpc) is 2.95. The summed E-state index contributed by atoms with van der Waals surface area (Å²) in [6, 6.07) is 3.42. The zero-order valence-corrected chi connectivity index (χ0v) is 13.7. The summed E-state index contributed by atoms with van der Waals surface area (Å²) in [5.74, 6) is -0.424. The Morgan fingerprint density at radius 2 is 2.22 bits per heavy atom. The second kappa shape index (κ2) is 7.41. The predicted molar refractivity (Wildman–Crippen MR) is 83.9 cm³/mol. The lowest BCUT2D eigenvalue weighted by Gasteiger charge is -2.24. The Morgan fingerprint density at radius 3 is 2.87 bits per heavy atom. The van der Waals surface area contributed by atoms with Crippen LogP contribution in [0.25, 0.3) is 0 Å². The van der Waals surface area contributed by atoms with Crippen molar-refractivity contribution in [3.05, 3.63) is 30.1 Å². The molecular formula is C16H23N3O4. The SMILES string of the molecule is CC(C)(C)OC(=O)N1CCC(NCOC(=O)c2cccnc2)C1. The molecule has 0 bridgehead atoms. The summed E-state index contributed by atoms with van der Waals surface area (Å²) < 4.78 is 10.5. The van der Waals surface area contributed by atoms with Crippen molar-refractivity contribution < 1.29 is 19.1 Å². The Labute approximate surface area is 136 Å². The van der Waals surface area contributed by atoms with E-state index in [9.17, 15) is 9.59 Å². The molecule has 2 rings (SSSR count). The molecule has 0 aliphatic carbocycles. The lowest BCUT2D eigenvalue weighted by molar-refractivity contribution is 0.0282. The summed E-state index contributed by atoms with van der Waals surface area (Å²) in [4.78, 5) is 29.2. The van der Waals surface area contributed by atoms with Gasteiger partial charge < -0.3 is 14.4 Å². The van der Waals surface area contributed by atoms with Gasteiger partial charge in [-0.3, -0.25) is 10.3 Å². The number of carbonyl (C=O) groups is 2. The highest BCUT2D eigenvalue weighted by atomic mass is 16.6. The molecule has 1 saturated heterocycles. The fraction of sp³-hybridized carbons (Fsp3) is 0.562. The first kappa shape index (κ1) is 17.2. The Bertz CT molecular complexity index is 542. The van der Waals surface area contributed by atoms with Crippen molar-refractivity contribution in [2.45, 2.75) is 38.8 Å². The highest BCUT2D eigenvalue weighted by Crippen LogP contribution is 2.15. The molecule has 1 amide bonds. The lowest BCUT2D eigenvalue weighted by atomic mass is 10.2. The lowest BCUT2D eigenvalue weighted by Crippen LogP contribution is -2.39. The van der Waals surface area contributed by atoms with Gasteiger partial charge in [0.05, 0.1) is 5.56 Å². The van der Waals surface area contributed by atoms with E-state index in [0.29, 0.717) is 18.7 Å². The largest absolute Gasteiger partial charge is 0.446 e. The summed E-state index contributed by atoms with van der Waals surface area (Å²) in [7, 11) is 0. The number of hydrogen-bond donors (Lipinski definition) is 1. The monoisotopic (exact) mass is 321 g/mol. The average molecular weight is 321 g/mol. The number of likely N-dealkylation sites (tertiary alicyclic amines) is 1. The number of nitrogens with one attached hydrogen (secondary N) is 1. The van der Waals surface area contributed by atoms with Gasteiger partial charge in [-0.25, -0.2) is 9.59 Å². The second-order valence-electron chi connectivity index (χ2n) is 6.43. The molecule has 1 aromatic heterocycles. The van der Waals surface area contributed by atoms with Crippen LogP contribution in [0.2, 0.25) is 0 Å². The predicted octanol–water partition coefficient (Wildman–Crippen LogP) is 1.79. The van der Waals surface area contributed by atoms with Crippen LogP contribution >= 0.6 is 0 Å². The van der Waals surface area contributed by atoms with Crippen LogP contribution in [-0.2, 0) is 9.47 Å². The first-order valence-electron chi connectivity index (χ1n) is 7.63. The fourth-order valence-corrected chi connectivity index (χ4v) is 2.21. The summed E-state index contributed by atoms with van der Waals surface area (Å²) in [6.45, 7) is 6.79. The number of hydrogen-bond acceptors (Lipinski definition) is 6. The fourth-order valence-electron chi connectivity index (χ4n) is 2.21. The molecule has 1 N–H and O–H groups in total. The standard InChI is InChI=1S/C16H23N3O4/c1-16(2,3)23-15(21)19-8-6-13(10-19)18-11-22-14(20)12-5-4-7-17-9-12/h4-5,7,9,13,18H,6,8,10-11H2,1-3H3. The molecule has 1 atom stereocenters. The van der Waals surface area contributed by atoms with E-state index in [1.807, 2.05) is 20.8 Å². The van der Waals surface area contributed by atoms with Gasteiger partial charge in [0, 0.05) is 31.5 Å². The summed E-state index contributed by atoms with van der Waals surface area (Å²) in [5.41, 5.74) is -0.0851. The third-order valence-corrected chi connectivity index (χ3v) is 3.31. The molecule has 0 radical (unpaired) electrons. The molecule has 1 fully saturated rings. The maximum atomic E-state index is 12.0. The molecule has 1 aliphatic rings. The number of rotatable bonds is 4. The molecule has 0 aromatic carbocycles. The smallest absolute Gasteiger partial charge is 0.410 e. The molecular weight excluding hydrogens is 298 g/mol. The number of pyridine rings is 1. The van der Waals surface area contributed by atoms with Crippen LogP contribution < -0.4 is 5.32 Å². The molecule has 0 saturated carbocycles. The molecule has 7 nitrogen and oxygen atoms in total. The van der Waals surface area contributed by atoms with Gasteiger partial charge in [0.25, 0.3) is 0 Å². The quantitative estimate of drug-likeness (QED) is 0.673. The molecule has 23 heavy (non-hydrogen) atoms. The van der Waals surface area contributed by atoms with Crippen molar-refractivity contribution in [1.29, 1.82) is 0 Å². The third-order valence-electron chi connectivity index (χ3n) is 3.31. The van der Waals surface area contributed by atoms with Crippen molar-refractivity contribution in [2.24, 2.45) is 0 Å². The van der Waals surface area contributed by atoms with E-state index in [0.717, 1.165) is 6.42 Å². The Kier molecular flexibility index (Phi) is 5.54. The molecule has 126 valence electrons. The maximum Gasteiger partial charge on any atom is 0.410 e. The Hall–Kier alpha value is -2.15. The number of nitrogens with zero attached hydrogens (tertiary/aromatic N) is 2. The highest BCUT2D eigenvalue weighted by Gasteiger charge is 2.29. The Balaban J connectivity index is 1.70. The number of aromatic nitrogens is 1. The summed E-state index contributed by atoms with van der Waals surface area (Å²) in [6.07, 6.45) is 3.54. The minimum atomic E-state index is -0.498. The highest BCUT2D eigenvalue weighted by molar-refractivity contribution is 5.88. The van der Waals surface area contributed by atoms with Crippen LogP contribution in [0.15, 0.2) is 24.5 Å². The minimum absolute atomic E-state index is 0.0872. The molecule has 1 unspecified atom stereocenters. The number of carbonyl (C=O) groups excluding carboxylic acids is 2. The van der Waals surface area contributed by atoms with Crippen molar-refractivity contribution in [1.82, 2.24) is 15.2 Å². The van der Waals surface area contributed by atoms with Crippen LogP contribution in [0, 0.1) is 0 Å². The van der Waals surface area contributed by atoms with E-state index in [1.54, 1.807) is 23.2 Å². The molecule has 2 heterocycles. The first-order chi connectivity index (χ1) is 10.8. The van der Waals surface area contributed by atoms with Crippen LogP contribution in [0.4, 0.5) is 4.79 Å². The molecule has 0 spiro atoms. The van der Waals surface area contributed by atoms with E-state index >= 15 is 0 Å². The number of amides is 1. The Morgan fingerprint density at radius 1 is 1.43 bits per heavy atom. The van der Waals surface area contributed by atoms with E-state index in [4.69, 9.17) is 9.47 Å². The van der Waals surface area contributed by atoms with Gasteiger partial charge in [-0.2, -0.15) is 0 Å². The normalized spacial score (nSPS) is 17.9. The topological polar surface area (TPSA) is 80.8 Å². The zero-order valence-electron chi connectivity index (χ0n) is 13.7. The van der Waals surface area contributed by atoms with Gasteiger partial charge in [-0.1, -0.05) is 0 Å².